The standard InChI is InChI=1S/C14H27NO2/c1-10(2)8-15-14(12(16)17-6)9-13(4,5)7-11(14)3/h10-11,15H,7-9H2,1-6H3. The van der Waals surface area contributed by atoms with Gasteiger partial charge in [-0.05, 0) is 36.6 Å². The van der Waals surface area contributed by atoms with Crippen LogP contribution in [0.5, 0.6) is 0 Å². The van der Waals surface area contributed by atoms with E-state index in [0.717, 1.165) is 19.4 Å². The largest absolute Gasteiger partial charge is 0.468 e. The first-order valence-electron chi connectivity index (χ1n) is 6.57. The molecule has 100 valence electrons. The zero-order valence-corrected chi connectivity index (χ0v) is 12.1. The summed E-state index contributed by atoms with van der Waals surface area (Å²) in [6.07, 6.45) is 1.92. The SMILES string of the molecule is COC(=O)C1(NCC(C)C)CC(C)(C)CC1C. The number of nitrogens with one attached hydrogen (secondary N) is 1. The molecule has 2 atom stereocenters. The molecule has 3 heteroatoms. The lowest BCUT2D eigenvalue weighted by atomic mass is 9.86. The summed E-state index contributed by atoms with van der Waals surface area (Å²) >= 11 is 0. The molecule has 1 aliphatic carbocycles. The summed E-state index contributed by atoms with van der Waals surface area (Å²) in [5.41, 5.74) is -0.278. The van der Waals surface area contributed by atoms with Gasteiger partial charge in [0.15, 0.2) is 0 Å². The third kappa shape index (κ3) is 3.01. The topological polar surface area (TPSA) is 38.3 Å². The quantitative estimate of drug-likeness (QED) is 0.769. The second-order valence-corrected chi connectivity index (χ2v) is 6.68. The number of methoxy groups -OCH3 is 1. The van der Waals surface area contributed by atoms with Crippen LogP contribution in [-0.4, -0.2) is 25.2 Å². The van der Waals surface area contributed by atoms with Crippen molar-refractivity contribution in [3.05, 3.63) is 0 Å². The highest BCUT2D eigenvalue weighted by Crippen LogP contribution is 2.48. The monoisotopic (exact) mass is 241 g/mol. The van der Waals surface area contributed by atoms with Crippen molar-refractivity contribution in [3.63, 3.8) is 0 Å². The van der Waals surface area contributed by atoms with Gasteiger partial charge in [-0.2, -0.15) is 0 Å². The molecule has 2 unspecified atom stereocenters. The van der Waals surface area contributed by atoms with Crippen molar-refractivity contribution >= 4 is 5.97 Å². The molecule has 0 bridgehead atoms. The maximum Gasteiger partial charge on any atom is 0.326 e. The fourth-order valence-electron chi connectivity index (χ4n) is 3.15. The van der Waals surface area contributed by atoms with Crippen LogP contribution in [0.2, 0.25) is 0 Å². The van der Waals surface area contributed by atoms with Crippen LogP contribution >= 0.6 is 0 Å². The van der Waals surface area contributed by atoms with Crippen molar-refractivity contribution in [1.82, 2.24) is 5.32 Å². The van der Waals surface area contributed by atoms with Gasteiger partial charge in [-0.25, -0.2) is 0 Å². The van der Waals surface area contributed by atoms with Gasteiger partial charge in [-0.15, -0.1) is 0 Å². The van der Waals surface area contributed by atoms with Gasteiger partial charge >= 0.3 is 5.97 Å². The van der Waals surface area contributed by atoms with Crippen LogP contribution in [0.25, 0.3) is 0 Å². The third-order valence-electron chi connectivity index (χ3n) is 3.83. The van der Waals surface area contributed by atoms with Gasteiger partial charge in [0.25, 0.3) is 0 Å². The Hall–Kier alpha value is -0.570. The number of rotatable bonds is 4. The number of carbonyl (C=O) groups is 1. The summed E-state index contributed by atoms with van der Waals surface area (Å²) < 4.78 is 5.03. The molecule has 0 radical (unpaired) electrons. The van der Waals surface area contributed by atoms with Gasteiger partial charge < -0.3 is 10.1 Å². The Morgan fingerprint density at radius 3 is 2.41 bits per heavy atom. The van der Waals surface area contributed by atoms with Gasteiger partial charge in [0.1, 0.15) is 5.54 Å². The molecule has 1 aliphatic rings. The minimum atomic E-state index is -0.484. The molecular formula is C14H27NO2. The van der Waals surface area contributed by atoms with Crippen molar-refractivity contribution in [1.29, 1.82) is 0 Å². The van der Waals surface area contributed by atoms with E-state index in [9.17, 15) is 4.79 Å². The Balaban J connectivity index is 2.91. The van der Waals surface area contributed by atoms with Crippen molar-refractivity contribution in [2.45, 2.75) is 53.0 Å². The number of hydrogen-bond donors (Lipinski definition) is 1. The average Bonchev–Trinajstić information content (AvgIpc) is 2.45. The molecule has 17 heavy (non-hydrogen) atoms. The number of carbonyl (C=O) groups excluding carboxylic acids is 1. The summed E-state index contributed by atoms with van der Waals surface area (Å²) in [5.74, 6) is 0.757. The van der Waals surface area contributed by atoms with Gasteiger partial charge in [0.05, 0.1) is 7.11 Å². The van der Waals surface area contributed by atoms with Crippen LogP contribution in [-0.2, 0) is 9.53 Å². The fraction of sp³-hybridized carbons (Fsp3) is 0.929. The highest BCUT2D eigenvalue weighted by Gasteiger charge is 2.54. The maximum absolute atomic E-state index is 12.2. The molecule has 1 N–H and O–H groups in total. The first-order valence-corrected chi connectivity index (χ1v) is 6.57. The van der Waals surface area contributed by atoms with E-state index in [2.05, 4.69) is 39.9 Å². The molecule has 0 saturated heterocycles. The molecule has 3 nitrogen and oxygen atoms in total. The van der Waals surface area contributed by atoms with Crippen LogP contribution in [0, 0.1) is 17.3 Å². The molecule has 0 heterocycles. The second kappa shape index (κ2) is 4.97. The predicted molar refractivity (Wildman–Crippen MR) is 69.8 cm³/mol. The zero-order chi connectivity index (χ0) is 13.3. The Morgan fingerprint density at radius 2 is 2.06 bits per heavy atom. The number of esters is 1. The van der Waals surface area contributed by atoms with Crippen molar-refractivity contribution in [3.8, 4) is 0 Å². The van der Waals surface area contributed by atoms with E-state index in [1.54, 1.807) is 0 Å². The molecular weight excluding hydrogens is 214 g/mol. The van der Waals surface area contributed by atoms with Gasteiger partial charge in [0, 0.05) is 0 Å². The molecule has 0 aliphatic heterocycles. The lowest BCUT2D eigenvalue weighted by Gasteiger charge is -2.33. The maximum atomic E-state index is 12.2. The van der Waals surface area contributed by atoms with E-state index < -0.39 is 5.54 Å². The van der Waals surface area contributed by atoms with E-state index in [-0.39, 0.29) is 11.4 Å². The minimum absolute atomic E-state index is 0.101. The van der Waals surface area contributed by atoms with Crippen LogP contribution in [0.3, 0.4) is 0 Å². The molecule has 0 aromatic heterocycles. The van der Waals surface area contributed by atoms with Crippen LogP contribution in [0.1, 0.15) is 47.5 Å². The molecule has 0 aromatic carbocycles. The van der Waals surface area contributed by atoms with Crippen LogP contribution in [0.4, 0.5) is 0 Å². The summed E-state index contributed by atoms with van der Waals surface area (Å²) in [6.45, 7) is 11.8. The molecule has 1 rings (SSSR count). The van der Waals surface area contributed by atoms with Crippen molar-refractivity contribution in [2.75, 3.05) is 13.7 Å². The highest BCUT2D eigenvalue weighted by atomic mass is 16.5. The third-order valence-corrected chi connectivity index (χ3v) is 3.83. The fourth-order valence-corrected chi connectivity index (χ4v) is 3.15. The Labute approximate surface area is 105 Å². The van der Waals surface area contributed by atoms with Gasteiger partial charge in [-0.1, -0.05) is 34.6 Å². The Bertz CT molecular complexity index is 286. The summed E-state index contributed by atoms with van der Waals surface area (Å²) in [5, 5.41) is 3.48. The van der Waals surface area contributed by atoms with Gasteiger partial charge in [0.2, 0.25) is 0 Å². The van der Waals surface area contributed by atoms with E-state index in [0.29, 0.717) is 11.8 Å². The predicted octanol–water partition coefficient (Wildman–Crippen LogP) is 2.60. The molecule has 0 spiro atoms. The molecule has 0 amide bonds. The normalized spacial score (nSPS) is 31.8. The van der Waals surface area contributed by atoms with Crippen LogP contribution < -0.4 is 5.32 Å². The second-order valence-electron chi connectivity index (χ2n) is 6.68. The molecule has 1 fully saturated rings. The van der Waals surface area contributed by atoms with E-state index in [1.807, 2.05) is 0 Å². The van der Waals surface area contributed by atoms with E-state index in [4.69, 9.17) is 4.74 Å². The number of hydrogen-bond acceptors (Lipinski definition) is 3. The zero-order valence-electron chi connectivity index (χ0n) is 12.1. The first-order chi connectivity index (χ1) is 7.73. The lowest BCUT2D eigenvalue weighted by molar-refractivity contribution is -0.150. The first kappa shape index (κ1) is 14.5. The van der Waals surface area contributed by atoms with E-state index >= 15 is 0 Å². The Kier molecular flexibility index (Phi) is 4.23. The average molecular weight is 241 g/mol. The lowest BCUT2D eigenvalue weighted by Crippen LogP contribution is -2.56. The summed E-state index contributed by atoms with van der Waals surface area (Å²) in [4.78, 5) is 12.2. The number of ether oxygens (including phenoxy) is 1. The highest BCUT2D eigenvalue weighted by molar-refractivity contribution is 5.81. The smallest absolute Gasteiger partial charge is 0.326 e. The van der Waals surface area contributed by atoms with Gasteiger partial charge in [-0.3, -0.25) is 4.79 Å². The Morgan fingerprint density at radius 1 is 1.47 bits per heavy atom. The molecule has 1 saturated carbocycles. The van der Waals surface area contributed by atoms with Crippen LogP contribution in [0.15, 0.2) is 0 Å². The minimum Gasteiger partial charge on any atom is -0.468 e. The summed E-state index contributed by atoms with van der Waals surface area (Å²) in [6, 6.07) is 0. The summed E-state index contributed by atoms with van der Waals surface area (Å²) in [7, 11) is 1.49. The van der Waals surface area contributed by atoms with E-state index in [1.165, 1.54) is 7.11 Å². The van der Waals surface area contributed by atoms with Crippen molar-refractivity contribution < 1.29 is 9.53 Å². The molecule has 0 aromatic rings. The van der Waals surface area contributed by atoms with Crippen molar-refractivity contribution in [2.24, 2.45) is 17.3 Å².